The highest BCUT2D eigenvalue weighted by Crippen LogP contribution is 2.37. The Hall–Kier alpha value is -3.16. The molecule has 2 aliphatic rings. The molecule has 2 aromatic rings. The van der Waals surface area contributed by atoms with Crippen molar-refractivity contribution in [2.45, 2.75) is 44.9 Å². The summed E-state index contributed by atoms with van der Waals surface area (Å²) >= 11 is 1.41. The predicted octanol–water partition coefficient (Wildman–Crippen LogP) is 5.17. The maximum absolute atomic E-state index is 14.7. The first kappa shape index (κ1) is 21.1. The van der Waals surface area contributed by atoms with Gasteiger partial charge in [-0.05, 0) is 74.3 Å². The van der Waals surface area contributed by atoms with E-state index in [1.807, 2.05) is 11.0 Å². The second kappa shape index (κ2) is 9.32. The molecule has 1 aliphatic heterocycles. The third-order valence-electron chi connectivity index (χ3n) is 5.85. The van der Waals surface area contributed by atoms with Crippen LogP contribution in [-0.2, 0) is 17.6 Å². The lowest BCUT2D eigenvalue weighted by Gasteiger charge is -2.29. The molecule has 0 bridgehead atoms. The van der Waals surface area contributed by atoms with Crippen LogP contribution >= 0.6 is 11.3 Å². The normalized spacial score (nSPS) is 16.2. The van der Waals surface area contributed by atoms with E-state index in [1.165, 1.54) is 29.9 Å². The molecule has 1 N–H and O–H groups in total. The number of hydrogen-bond acceptors (Lipinski definition) is 5. The van der Waals surface area contributed by atoms with Gasteiger partial charge in [0.2, 0.25) is 0 Å². The molecule has 1 aromatic heterocycles. The third kappa shape index (κ3) is 4.47. The van der Waals surface area contributed by atoms with Crippen molar-refractivity contribution in [1.29, 1.82) is 10.5 Å². The zero-order valence-electron chi connectivity index (χ0n) is 17.2. The summed E-state index contributed by atoms with van der Waals surface area (Å²) in [5, 5.41) is 22.3. The molecule has 5 nitrogen and oxygen atoms in total. The van der Waals surface area contributed by atoms with E-state index < -0.39 is 5.91 Å². The Kier molecular flexibility index (Phi) is 6.34. The summed E-state index contributed by atoms with van der Waals surface area (Å²) in [6, 6.07) is 8.90. The molecule has 4 rings (SSSR count). The number of hydrogen-bond donors (Lipinski definition) is 1. The van der Waals surface area contributed by atoms with Gasteiger partial charge in [0.05, 0.1) is 11.3 Å². The average Bonchev–Trinajstić information content (AvgIpc) is 3.14. The van der Waals surface area contributed by atoms with E-state index in [0.29, 0.717) is 21.8 Å². The number of nitrogens with one attached hydrogen (secondary N) is 1. The summed E-state index contributed by atoms with van der Waals surface area (Å²) < 4.78 is 14.7. The smallest absolute Gasteiger partial charge is 0.266 e. The Bertz CT molecular complexity index is 1120. The van der Waals surface area contributed by atoms with Crippen LogP contribution in [-0.4, -0.2) is 19.0 Å². The number of aryl methyl sites for hydroxylation is 1. The van der Waals surface area contributed by atoms with Gasteiger partial charge < -0.3 is 10.2 Å². The Morgan fingerprint density at radius 1 is 1.13 bits per heavy atom. The summed E-state index contributed by atoms with van der Waals surface area (Å²) in [6.07, 6.45) is 8.52. The quantitative estimate of drug-likeness (QED) is 0.532. The van der Waals surface area contributed by atoms with E-state index in [4.69, 9.17) is 0 Å². The highest BCUT2D eigenvalue weighted by Gasteiger charge is 2.23. The van der Waals surface area contributed by atoms with E-state index >= 15 is 0 Å². The Morgan fingerprint density at radius 2 is 1.90 bits per heavy atom. The number of piperidine rings is 1. The molecule has 2 heterocycles. The van der Waals surface area contributed by atoms with Crippen LogP contribution in [0.15, 0.2) is 23.8 Å². The molecule has 1 aliphatic carbocycles. The number of amides is 1. The standard InChI is InChI=1S/C24H23FN4OS/c25-20-13-16(8-9-21(20)29-10-4-1-5-11-29)12-17(14-26)23(30)28-24-19(15-27)18-6-2-3-7-22(18)31-24/h8-9,12-13H,1-7,10-11H2,(H,28,30). The maximum atomic E-state index is 14.7. The first-order valence-corrected chi connectivity index (χ1v) is 11.4. The van der Waals surface area contributed by atoms with Crippen molar-refractivity contribution in [3.63, 3.8) is 0 Å². The van der Waals surface area contributed by atoms with Crippen molar-refractivity contribution >= 4 is 34.0 Å². The van der Waals surface area contributed by atoms with Gasteiger partial charge in [-0.1, -0.05) is 6.07 Å². The van der Waals surface area contributed by atoms with E-state index in [-0.39, 0.29) is 11.4 Å². The highest BCUT2D eigenvalue weighted by atomic mass is 32.1. The monoisotopic (exact) mass is 434 g/mol. The maximum Gasteiger partial charge on any atom is 0.266 e. The lowest BCUT2D eigenvalue weighted by Crippen LogP contribution is -2.30. The number of nitrogens with zero attached hydrogens (tertiary/aromatic N) is 3. The van der Waals surface area contributed by atoms with Gasteiger partial charge in [-0.2, -0.15) is 10.5 Å². The number of nitriles is 2. The van der Waals surface area contributed by atoms with Crippen LogP contribution in [0, 0.1) is 28.5 Å². The van der Waals surface area contributed by atoms with Crippen molar-refractivity contribution in [2.75, 3.05) is 23.3 Å². The number of carbonyl (C=O) groups excluding carboxylic acids is 1. The van der Waals surface area contributed by atoms with Crippen molar-refractivity contribution in [3.8, 4) is 12.1 Å². The summed E-state index contributed by atoms with van der Waals surface area (Å²) in [6.45, 7) is 1.67. The number of halogens is 1. The Labute approximate surface area is 185 Å². The largest absolute Gasteiger partial charge is 0.369 e. The molecule has 1 amide bonds. The molecule has 158 valence electrons. The summed E-state index contributed by atoms with van der Waals surface area (Å²) in [7, 11) is 0. The zero-order chi connectivity index (χ0) is 21.8. The number of thiophene rings is 1. The van der Waals surface area contributed by atoms with E-state index in [9.17, 15) is 19.7 Å². The van der Waals surface area contributed by atoms with Gasteiger partial charge in [0.25, 0.3) is 5.91 Å². The van der Waals surface area contributed by atoms with Gasteiger partial charge in [-0.15, -0.1) is 11.3 Å². The SMILES string of the molecule is N#CC(=Cc1ccc(N2CCCCC2)c(F)c1)C(=O)Nc1sc2c(c1C#N)CCCC2. The van der Waals surface area contributed by atoms with Crippen LogP contribution in [0.25, 0.3) is 6.08 Å². The first-order valence-electron chi connectivity index (χ1n) is 10.6. The number of anilines is 2. The lowest BCUT2D eigenvalue weighted by molar-refractivity contribution is -0.112. The molecule has 1 saturated heterocycles. The molecule has 1 aromatic carbocycles. The fraction of sp³-hybridized carbons (Fsp3) is 0.375. The molecular formula is C24H23FN4OS. The van der Waals surface area contributed by atoms with Crippen LogP contribution < -0.4 is 10.2 Å². The molecule has 7 heteroatoms. The summed E-state index contributed by atoms with van der Waals surface area (Å²) in [4.78, 5) is 15.9. The highest BCUT2D eigenvalue weighted by molar-refractivity contribution is 7.16. The molecule has 0 spiro atoms. The van der Waals surface area contributed by atoms with E-state index in [2.05, 4.69) is 11.4 Å². The van der Waals surface area contributed by atoms with Crippen molar-refractivity contribution < 1.29 is 9.18 Å². The van der Waals surface area contributed by atoms with Gasteiger partial charge in [-0.25, -0.2) is 4.39 Å². The van der Waals surface area contributed by atoms with Gasteiger partial charge >= 0.3 is 0 Å². The van der Waals surface area contributed by atoms with Gasteiger partial charge in [0.1, 0.15) is 28.5 Å². The van der Waals surface area contributed by atoms with Gasteiger partial charge in [0, 0.05) is 18.0 Å². The van der Waals surface area contributed by atoms with Crippen molar-refractivity contribution in [2.24, 2.45) is 0 Å². The van der Waals surface area contributed by atoms with Crippen LogP contribution in [0.1, 0.15) is 53.7 Å². The van der Waals surface area contributed by atoms with Crippen LogP contribution in [0.3, 0.4) is 0 Å². The fourth-order valence-corrected chi connectivity index (χ4v) is 5.50. The Morgan fingerprint density at radius 3 is 2.61 bits per heavy atom. The molecular weight excluding hydrogens is 411 g/mol. The lowest BCUT2D eigenvalue weighted by atomic mass is 9.96. The molecule has 1 fully saturated rings. The third-order valence-corrected chi connectivity index (χ3v) is 7.06. The molecule has 0 unspecified atom stereocenters. The zero-order valence-corrected chi connectivity index (χ0v) is 18.0. The van der Waals surface area contributed by atoms with Crippen LogP contribution in [0.4, 0.5) is 15.1 Å². The topological polar surface area (TPSA) is 79.9 Å². The van der Waals surface area contributed by atoms with Gasteiger partial charge in [0.15, 0.2) is 0 Å². The Balaban J connectivity index is 1.54. The van der Waals surface area contributed by atoms with E-state index in [1.54, 1.807) is 12.1 Å². The van der Waals surface area contributed by atoms with Crippen LogP contribution in [0.5, 0.6) is 0 Å². The molecule has 0 radical (unpaired) electrons. The van der Waals surface area contributed by atoms with Gasteiger partial charge in [-0.3, -0.25) is 4.79 Å². The molecule has 0 atom stereocenters. The average molecular weight is 435 g/mol. The number of carbonyl (C=O) groups is 1. The molecule has 31 heavy (non-hydrogen) atoms. The summed E-state index contributed by atoms with van der Waals surface area (Å²) in [5.74, 6) is -0.941. The minimum Gasteiger partial charge on any atom is -0.369 e. The van der Waals surface area contributed by atoms with Crippen molar-refractivity contribution in [3.05, 3.63) is 51.2 Å². The number of rotatable bonds is 4. The minimum atomic E-state index is -0.585. The molecule has 0 saturated carbocycles. The van der Waals surface area contributed by atoms with Crippen LogP contribution in [0.2, 0.25) is 0 Å². The van der Waals surface area contributed by atoms with E-state index in [0.717, 1.165) is 62.1 Å². The van der Waals surface area contributed by atoms with Crippen molar-refractivity contribution in [1.82, 2.24) is 0 Å². The fourth-order valence-electron chi connectivity index (χ4n) is 4.26. The number of benzene rings is 1. The predicted molar refractivity (Wildman–Crippen MR) is 120 cm³/mol. The number of fused-ring (bicyclic) bond motifs is 1. The minimum absolute atomic E-state index is 0.125. The second-order valence-electron chi connectivity index (χ2n) is 7.91. The first-order chi connectivity index (χ1) is 15.1. The second-order valence-corrected chi connectivity index (χ2v) is 9.01. The summed E-state index contributed by atoms with van der Waals surface area (Å²) in [5.41, 5.74) is 2.41.